The number of rotatable bonds is 6. The summed E-state index contributed by atoms with van der Waals surface area (Å²) >= 11 is 3.24. The van der Waals surface area contributed by atoms with E-state index in [2.05, 4.69) is 52.0 Å². The molecule has 4 rings (SSSR count). The average Bonchev–Trinajstić information content (AvgIpc) is 3.22. The molecule has 1 N–H and O–H groups in total. The minimum Gasteiger partial charge on any atom is -0.324 e. The van der Waals surface area contributed by atoms with Gasteiger partial charge in [0.05, 0.1) is 30.1 Å². The fraction of sp³-hybridized carbons (Fsp3) is 0.217. The van der Waals surface area contributed by atoms with Crippen LogP contribution in [-0.4, -0.2) is 29.6 Å². The largest absolute Gasteiger partial charge is 0.324 e. The van der Waals surface area contributed by atoms with Crippen molar-refractivity contribution in [2.24, 2.45) is 0 Å². The average molecular weight is 420 g/mol. The van der Waals surface area contributed by atoms with E-state index in [1.807, 2.05) is 30.3 Å². The number of amides is 1. The van der Waals surface area contributed by atoms with Crippen molar-refractivity contribution in [2.45, 2.75) is 17.4 Å². The third-order valence-corrected chi connectivity index (χ3v) is 6.92. The molecule has 0 aliphatic carbocycles. The molecule has 4 nitrogen and oxygen atoms in total. The first-order valence-corrected chi connectivity index (χ1v) is 11.4. The van der Waals surface area contributed by atoms with Crippen LogP contribution in [0.5, 0.6) is 0 Å². The molecule has 0 radical (unpaired) electrons. The molecule has 1 amide bonds. The molecule has 29 heavy (non-hydrogen) atoms. The second-order valence-corrected chi connectivity index (χ2v) is 8.84. The fourth-order valence-electron chi connectivity index (χ4n) is 3.74. The van der Waals surface area contributed by atoms with Gasteiger partial charge >= 0.3 is 0 Å². The van der Waals surface area contributed by atoms with Gasteiger partial charge in [-0.25, -0.2) is 0 Å². The van der Waals surface area contributed by atoms with Crippen molar-refractivity contribution in [1.29, 1.82) is 5.26 Å². The van der Waals surface area contributed by atoms with E-state index in [1.165, 1.54) is 27.8 Å². The Bertz CT molecular complexity index is 1030. The smallest absolute Gasteiger partial charge is 0.238 e. The minimum absolute atomic E-state index is 0.0328. The Morgan fingerprint density at radius 3 is 2.79 bits per heavy atom. The fourth-order valence-corrected chi connectivity index (χ4v) is 5.32. The van der Waals surface area contributed by atoms with Crippen molar-refractivity contribution in [2.75, 3.05) is 24.2 Å². The lowest BCUT2D eigenvalue weighted by Gasteiger charge is -2.35. The van der Waals surface area contributed by atoms with Crippen LogP contribution >= 0.6 is 23.1 Å². The monoisotopic (exact) mass is 419 g/mol. The summed E-state index contributed by atoms with van der Waals surface area (Å²) in [4.78, 5) is 17.5. The zero-order chi connectivity index (χ0) is 20.1. The Kier molecular flexibility index (Phi) is 6.30. The Labute approximate surface area is 179 Å². The maximum atomic E-state index is 12.9. The highest BCUT2D eigenvalue weighted by molar-refractivity contribution is 7.99. The highest BCUT2D eigenvalue weighted by atomic mass is 32.2. The van der Waals surface area contributed by atoms with E-state index in [1.54, 1.807) is 11.3 Å². The van der Waals surface area contributed by atoms with Gasteiger partial charge in [-0.15, -0.1) is 23.1 Å². The van der Waals surface area contributed by atoms with Crippen molar-refractivity contribution in [3.05, 3.63) is 82.0 Å². The van der Waals surface area contributed by atoms with Gasteiger partial charge < -0.3 is 5.32 Å². The maximum Gasteiger partial charge on any atom is 0.238 e. The number of hydrogen-bond donors (Lipinski definition) is 1. The SMILES string of the molecule is N#CCSc1ccccc1NC(=O)CN1CCc2sccc2C1c1ccccc1. The molecule has 0 saturated carbocycles. The summed E-state index contributed by atoms with van der Waals surface area (Å²) in [6, 6.07) is 22.5. The lowest BCUT2D eigenvalue weighted by molar-refractivity contribution is -0.117. The highest BCUT2D eigenvalue weighted by Crippen LogP contribution is 2.37. The maximum absolute atomic E-state index is 12.9. The summed E-state index contributed by atoms with van der Waals surface area (Å²) in [5.41, 5.74) is 3.29. The van der Waals surface area contributed by atoms with Gasteiger partial charge in [0.1, 0.15) is 0 Å². The molecular formula is C23H21N3OS2. The van der Waals surface area contributed by atoms with Crippen LogP contribution in [0.3, 0.4) is 0 Å². The van der Waals surface area contributed by atoms with Crippen LogP contribution in [-0.2, 0) is 11.2 Å². The number of carbonyl (C=O) groups excluding carboxylic acids is 1. The van der Waals surface area contributed by atoms with Crippen LogP contribution in [0.15, 0.2) is 70.9 Å². The summed E-state index contributed by atoms with van der Waals surface area (Å²) < 4.78 is 0. The van der Waals surface area contributed by atoms with Gasteiger partial charge in [-0.1, -0.05) is 42.5 Å². The summed E-state index contributed by atoms with van der Waals surface area (Å²) in [5, 5.41) is 14.0. The Hall–Kier alpha value is -2.59. The topological polar surface area (TPSA) is 56.1 Å². The highest BCUT2D eigenvalue weighted by Gasteiger charge is 2.30. The minimum atomic E-state index is -0.0328. The Morgan fingerprint density at radius 2 is 1.97 bits per heavy atom. The molecule has 0 fully saturated rings. The first-order chi connectivity index (χ1) is 14.3. The molecule has 1 atom stereocenters. The number of benzene rings is 2. The molecule has 2 aromatic carbocycles. The van der Waals surface area contributed by atoms with Crippen LogP contribution in [0.4, 0.5) is 5.69 Å². The lowest BCUT2D eigenvalue weighted by Crippen LogP contribution is -2.40. The molecule has 1 aromatic heterocycles. The van der Waals surface area contributed by atoms with E-state index in [-0.39, 0.29) is 11.9 Å². The number of carbonyl (C=O) groups is 1. The molecule has 6 heteroatoms. The van der Waals surface area contributed by atoms with Crippen LogP contribution in [0.1, 0.15) is 22.0 Å². The van der Waals surface area contributed by atoms with Gasteiger partial charge in [0, 0.05) is 16.3 Å². The van der Waals surface area contributed by atoms with Crippen molar-refractivity contribution in [3.8, 4) is 6.07 Å². The molecule has 1 aliphatic rings. The molecule has 1 aliphatic heterocycles. The van der Waals surface area contributed by atoms with E-state index in [4.69, 9.17) is 5.26 Å². The van der Waals surface area contributed by atoms with Gasteiger partial charge in [-0.2, -0.15) is 5.26 Å². The third kappa shape index (κ3) is 4.54. The summed E-state index contributed by atoms with van der Waals surface area (Å²) in [6.07, 6.45) is 0.970. The number of hydrogen-bond acceptors (Lipinski definition) is 5. The third-order valence-electron chi connectivity index (χ3n) is 4.98. The second kappa shape index (κ2) is 9.27. The molecule has 0 bridgehead atoms. The van der Waals surface area contributed by atoms with E-state index in [0.29, 0.717) is 12.3 Å². The number of para-hydroxylation sites is 1. The standard InChI is InChI=1S/C23H21N3OS2/c24-12-15-29-21-9-5-4-8-19(21)25-22(27)16-26-13-10-20-18(11-14-28-20)23(26)17-6-2-1-3-7-17/h1-9,11,14,23H,10,13,15-16H2,(H,25,27). The Balaban J connectivity index is 1.53. The molecule has 2 heterocycles. The van der Waals surface area contributed by atoms with Gasteiger partial charge in [0.25, 0.3) is 0 Å². The predicted molar refractivity (Wildman–Crippen MR) is 119 cm³/mol. The van der Waals surface area contributed by atoms with Crippen LogP contribution < -0.4 is 5.32 Å². The molecule has 1 unspecified atom stereocenters. The number of fused-ring (bicyclic) bond motifs is 1. The normalized spacial score (nSPS) is 16.0. The van der Waals surface area contributed by atoms with Gasteiger partial charge in [0.15, 0.2) is 0 Å². The summed E-state index contributed by atoms with van der Waals surface area (Å²) in [5.74, 6) is 0.324. The van der Waals surface area contributed by atoms with Crippen molar-refractivity contribution < 1.29 is 4.79 Å². The molecule has 146 valence electrons. The number of nitriles is 1. The Morgan fingerprint density at radius 1 is 1.17 bits per heavy atom. The van der Waals surface area contributed by atoms with Crippen molar-refractivity contribution in [1.82, 2.24) is 4.90 Å². The number of thiophene rings is 1. The van der Waals surface area contributed by atoms with Gasteiger partial charge in [-0.3, -0.25) is 9.69 Å². The van der Waals surface area contributed by atoms with E-state index >= 15 is 0 Å². The van der Waals surface area contributed by atoms with Crippen molar-refractivity contribution in [3.63, 3.8) is 0 Å². The van der Waals surface area contributed by atoms with Crippen LogP contribution in [0.25, 0.3) is 0 Å². The summed E-state index contributed by atoms with van der Waals surface area (Å²) in [6.45, 7) is 1.18. The number of nitrogens with one attached hydrogen (secondary N) is 1. The van der Waals surface area contributed by atoms with E-state index in [0.717, 1.165) is 23.5 Å². The number of thioether (sulfide) groups is 1. The zero-order valence-corrected chi connectivity index (χ0v) is 17.5. The van der Waals surface area contributed by atoms with Crippen LogP contribution in [0, 0.1) is 11.3 Å². The van der Waals surface area contributed by atoms with Crippen molar-refractivity contribution >= 4 is 34.7 Å². The first-order valence-electron chi connectivity index (χ1n) is 9.50. The van der Waals surface area contributed by atoms with Crippen LogP contribution in [0.2, 0.25) is 0 Å². The van der Waals surface area contributed by atoms with Gasteiger partial charge in [-0.05, 0) is 41.1 Å². The molecule has 3 aromatic rings. The number of anilines is 1. The zero-order valence-electron chi connectivity index (χ0n) is 15.9. The predicted octanol–water partition coefficient (Wildman–Crippen LogP) is 4.95. The van der Waals surface area contributed by atoms with E-state index in [9.17, 15) is 4.79 Å². The molecule has 0 spiro atoms. The quantitative estimate of drug-likeness (QED) is 0.575. The number of nitrogens with zero attached hydrogens (tertiary/aromatic N) is 2. The molecule has 0 saturated heterocycles. The first kappa shape index (κ1) is 19.7. The summed E-state index contributed by atoms with van der Waals surface area (Å²) in [7, 11) is 0. The van der Waals surface area contributed by atoms with Gasteiger partial charge in [0.2, 0.25) is 5.91 Å². The van der Waals surface area contributed by atoms with E-state index < -0.39 is 0 Å². The second-order valence-electron chi connectivity index (χ2n) is 6.82. The molecular weight excluding hydrogens is 398 g/mol. The lowest BCUT2D eigenvalue weighted by atomic mass is 9.93.